The minimum Gasteiger partial charge on any atom is -0.493 e. The molecule has 0 fully saturated rings. The fraction of sp³-hybridized carbons (Fsp3) is 0.417. The van der Waals surface area contributed by atoms with Crippen LogP contribution in [-0.4, -0.2) is 60.8 Å². The van der Waals surface area contributed by atoms with E-state index in [9.17, 15) is 9.59 Å². The van der Waals surface area contributed by atoms with Crippen molar-refractivity contribution in [2.24, 2.45) is 0 Å². The van der Waals surface area contributed by atoms with Gasteiger partial charge in [-0.1, -0.05) is 12.1 Å². The maximum Gasteiger partial charge on any atom is 0.242 e. The maximum absolute atomic E-state index is 13.3. The fourth-order valence-corrected chi connectivity index (χ4v) is 4.29. The number of hydrogen-bond acceptors (Lipinski definition) is 5. The Hall–Kier alpha value is -2.51. The quantitative estimate of drug-likeness (QED) is 0.337. The summed E-state index contributed by atoms with van der Waals surface area (Å²) in [5, 5.41) is 1.31. The molecule has 0 N–H and O–H groups in total. The van der Waals surface area contributed by atoms with E-state index in [2.05, 4.69) is 6.58 Å². The Labute approximate surface area is 199 Å². The van der Waals surface area contributed by atoms with Crippen LogP contribution in [0.2, 0.25) is 0 Å². The monoisotopic (exact) mass is 478 g/mol. The van der Waals surface area contributed by atoms with Crippen molar-refractivity contribution in [3.8, 4) is 11.5 Å². The molecule has 0 aliphatic heterocycles. The topological polar surface area (TPSA) is 59.1 Å². The van der Waals surface area contributed by atoms with Gasteiger partial charge in [-0.25, -0.2) is 0 Å². The van der Waals surface area contributed by atoms with E-state index in [1.807, 2.05) is 36.6 Å². The molecule has 6 nitrogen and oxygen atoms in total. The number of aryl methyl sites for hydroxylation is 1. The van der Waals surface area contributed by atoms with E-state index in [0.29, 0.717) is 31.0 Å². The van der Waals surface area contributed by atoms with Crippen molar-refractivity contribution >= 4 is 34.8 Å². The van der Waals surface area contributed by atoms with Crippen LogP contribution in [0.1, 0.15) is 22.9 Å². The van der Waals surface area contributed by atoms with Gasteiger partial charge in [0.25, 0.3) is 0 Å². The van der Waals surface area contributed by atoms with Crippen molar-refractivity contribution < 1.29 is 19.1 Å². The fourth-order valence-electron chi connectivity index (χ4n) is 3.23. The molecule has 0 saturated heterocycles. The van der Waals surface area contributed by atoms with Gasteiger partial charge in [0.1, 0.15) is 11.9 Å². The van der Waals surface area contributed by atoms with Gasteiger partial charge in [-0.15, -0.1) is 29.5 Å². The Morgan fingerprint density at radius 3 is 2.47 bits per heavy atom. The second kappa shape index (κ2) is 12.5. The molecule has 174 valence electrons. The minimum atomic E-state index is -0.706. The summed E-state index contributed by atoms with van der Waals surface area (Å²) in [4.78, 5) is 30.0. The summed E-state index contributed by atoms with van der Waals surface area (Å²) in [6.07, 6.45) is 2.24. The summed E-state index contributed by atoms with van der Waals surface area (Å²) in [6, 6.07) is 7.78. The zero-order valence-electron chi connectivity index (χ0n) is 19.1. The van der Waals surface area contributed by atoms with Crippen LogP contribution in [-0.2, 0) is 22.6 Å². The number of halogens is 1. The molecule has 0 aliphatic carbocycles. The average Bonchev–Trinajstić information content (AvgIpc) is 3.19. The lowest BCUT2D eigenvalue weighted by molar-refractivity contribution is -0.140. The molecule has 0 bridgehead atoms. The van der Waals surface area contributed by atoms with Crippen LogP contribution < -0.4 is 9.47 Å². The van der Waals surface area contributed by atoms with Crippen molar-refractivity contribution in [3.63, 3.8) is 0 Å². The SMILES string of the molecule is C=CCN(CC(=O)N(CCc1ccc(OC)c(OC)c1)Cc1sccc1C)C(=O)C(C)Cl. The van der Waals surface area contributed by atoms with Gasteiger partial charge >= 0.3 is 0 Å². The van der Waals surface area contributed by atoms with Crippen molar-refractivity contribution in [2.75, 3.05) is 33.9 Å². The predicted molar refractivity (Wildman–Crippen MR) is 130 cm³/mol. The highest BCUT2D eigenvalue weighted by Crippen LogP contribution is 2.28. The highest BCUT2D eigenvalue weighted by atomic mass is 35.5. The van der Waals surface area contributed by atoms with Crippen LogP contribution in [0.3, 0.4) is 0 Å². The first-order valence-electron chi connectivity index (χ1n) is 10.4. The van der Waals surface area contributed by atoms with Crippen LogP contribution in [0.25, 0.3) is 0 Å². The summed E-state index contributed by atoms with van der Waals surface area (Å²) in [5.41, 5.74) is 2.17. The van der Waals surface area contributed by atoms with E-state index in [1.54, 1.807) is 43.5 Å². The molecule has 32 heavy (non-hydrogen) atoms. The van der Waals surface area contributed by atoms with E-state index < -0.39 is 5.38 Å². The van der Waals surface area contributed by atoms with Crippen LogP contribution in [0.4, 0.5) is 0 Å². The number of ether oxygens (including phenoxy) is 2. The number of amides is 2. The Balaban J connectivity index is 2.20. The average molecular weight is 479 g/mol. The van der Waals surface area contributed by atoms with E-state index >= 15 is 0 Å². The van der Waals surface area contributed by atoms with Crippen LogP contribution in [0.5, 0.6) is 11.5 Å². The number of benzene rings is 1. The first-order valence-corrected chi connectivity index (χ1v) is 11.7. The molecule has 1 atom stereocenters. The zero-order valence-corrected chi connectivity index (χ0v) is 20.7. The predicted octanol–water partition coefficient (Wildman–Crippen LogP) is 4.29. The van der Waals surface area contributed by atoms with Crippen LogP contribution in [0.15, 0.2) is 42.3 Å². The van der Waals surface area contributed by atoms with E-state index in [1.165, 1.54) is 4.90 Å². The largest absolute Gasteiger partial charge is 0.493 e. The number of thiophene rings is 1. The van der Waals surface area contributed by atoms with Gasteiger partial charge in [0.15, 0.2) is 11.5 Å². The number of alkyl halides is 1. The molecule has 0 spiro atoms. The molecule has 0 saturated carbocycles. The highest BCUT2D eigenvalue weighted by Gasteiger charge is 2.24. The number of rotatable bonds is 12. The number of carbonyl (C=O) groups is 2. The molecule has 2 amide bonds. The van der Waals surface area contributed by atoms with Gasteiger partial charge < -0.3 is 19.3 Å². The Morgan fingerprint density at radius 1 is 1.19 bits per heavy atom. The summed E-state index contributed by atoms with van der Waals surface area (Å²) in [6.45, 7) is 8.54. The molecule has 1 aromatic carbocycles. The lowest BCUT2D eigenvalue weighted by Gasteiger charge is -2.28. The van der Waals surface area contributed by atoms with Crippen LogP contribution in [0, 0.1) is 6.92 Å². The van der Waals surface area contributed by atoms with Crippen molar-refractivity contribution in [3.05, 3.63) is 58.3 Å². The number of methoxy groups -OCH3 is 2. The second-order valence-corrected chi connectivity index (χ2v) is 9.06. The number of carbonyl (C=O) groups excluding carboxylic acids is 2. The summed E-state index contributed by atoms with van der Waals surface area (Å²) in [5.74, 6) is 0.890. The Bertz CT molecular complexity index is 928. The van der Waals surface area contributed by atoms with E-state index in [-0.39, 0.29) is 24.9 Å². The smallest absolute Gasteiger partial charge is 0.242 e. The van der Waals surface area contributed by atoms with E-state index in [4.69, 9.17) is 21.1 Å². The van der Waals surface area contributed by atoms with Gasteiger partial charge in [-0.3, -0.25) is 9.59 Å². The molecule has 1 unspecified atom stereocenters. The minimum absolute atomic E-state index is 0.0434. The second-order valence-electron chi connectivity index (χ2n) is 7.40. The third kappa shape index (κ3) is 7.00. The normalized spacial score (nSPS) is 11.5. The third-order valence-electron chi connectivity index (χ3n) is 5.10. The van der Waals surface area contributed by atoms with Gasteiger partial charge in [0.2, 0.25) is 11.8 Å². The van der Waals surface area contributed by atoms with Crippen LogP contribution >= 0.6 is 22.9 Å². The number of hydrogen-bond donors (Lipinski definition) is 0. The highest BCUT2D eigenvalue weighted by molar-refractivity contribution is 7.10. The molecule has 8 heteroatoms. The standard InChI is InChI=1S/C24H31ClN2O4S/c1-6-11-27(24(29)18(3)25)16-23(28)26(15-22-17(2)10-13-32-22)12-9-19-7-8-20(30-4)21(14-19)31-5/h6-8,10,13-14,18H,1,9,11-12,15-16H2,2-5H3. The molecule has 2 rings (SSSR count). The van der Waals surface area contributed by atoms with Crippen molar-refractivity contribution in [2.45, 2.75) is 32.2 Å². The molecule has 1 aromatic heterocycles. The molecular weight excluding hydrogens is 448 g/mol. The molecule has 2 aromatic rings. The third-order valence-corrected chi connectivity index (χ3v) is 6.30. The van der Waals surface area contributed by atoms with Gasteiger partial charge in [0, 0.05) is 18.0 Å². The maximum atomic E-state index is 13.3. The summed E-state index contributed by atoms with van der Waals surface area (Å²) >= 11 is 7.60. The lowest BCUT2D eigenvalue weighted by atomic mass is 10.1. The molecule has 0 aliphatic rings. The first-order chi connectivity index (χ1) is 15.3. The molecule has 1 heterocycles. The van der Waals surface area contributed by atoms with E-state index in [0.717, 1.165) is 16.0 Å². The summed E-state index contributed by atoms with van der Waals surface area (Å²) < 4.78 is 10.7. The molecule has 0 radical (unpaired) electrons. The van der Waals surface area contributed by atoms with Gasteiger partial charge in [-0.05, 0) is 55.0 Å². The van der Waals surface area contributed by atoms with Crippen molar-refractivity contribution in [1.29, 1.82) is 0 Å². The van der Waals surface area contributed by atoms with Crippen molar-refractivity contribution in [1.82, 2.24) is 9.80 Å². The van der Waals surface area contributed by atoms with Gasteiger partial charge in [-0.2, -0.15) is 0 Å². The first kappa shape index (κ1) is 25.7. The molecular formula is C24H31ClN2O4S. The Kier molecular flexibility index (Phi) is 10.1. The Morgan fingerprint density at radius 2 is 1.91 bits per heavy atom. The zero-order chi connectivity index (χ0) is 23.7. The lowest BCUT2D eigenvalue weighted by Crippen LogP contribution is -2.45. The van der Waals surface area contributed by atoms with Gasteiger partial charge in [0.05, 0.1) is 20.8 Å². The number of nitrogens with zero attached hydrogens (tertiary/aromatic N) is 2. The summed E-state index contributed by atoms with van der Waals surface area (Å²) in [7, 11) is 3.19.